The monoisotopic (exact) mass is 198 g/mol. The number of nitrogens with two attached hydrogens (primary N) is 1. The number of nitrogens with zero attached hydrogens (tertiary/aromatic N) is 1. The van der Waals surface area contributed by atoms with Crippen LogP contribution in [0.2, 0.25) is 0 Å². The van der Waals surface area contributed by atoms with Crippen LogP contribution < -0.4 is 5.73 Å². The van der Waals surface area contributed by atoms with Crippen molar-refractivity contribution in [1.29, 1.82) is 0 Å². The number of hydrogen-bond acceptors (Lipinski definition) is 2. The smallest absolute Gasteiger partial charge is 0.00964 e. The summed E-state index contributed by atoms with van der Waals surface area (Å²) in [4.78, 5) is 2.65. The average molecular weight is 198 g/mol. The molecule has 0 aromatic rings. The third-order valence-corrected chi connectivity index (χ3v) is 3.17. The van der Waals surface area contributed by atoms with Crippen LogP contribution >= 0.6 is 0 Å². The van der Waals surface area contributed by atoms with Crippen LogP contribution in [0, 0.1) is 0 Å². The SMILES string of the molecule is CCCCN(CCC(N)CC)C1CC1. The Hall–Kier alpha value is -0.0800. The fourth-order valence-corrected chi connectivity index (χ4v) is 1.81. The molecule has 1 saturated carbocycles. The molecule has 0 saturated heterocycles. The Morgan fingerprint density at radius 3 is 2.50 bits per heavy atom. The summed E-state index contributed by atoms with van der Waals surface area (Å²) in [5, 5.41) is 0. The molecule has 84 valence electrons. The van der Waals surface area contributed by atoms with E-state index in [2.05, 4.69) is 18.7 Å². The molecule has 1 fully saturated rings. The molecule has 1 aliphatic carbocycles. The zero-order valence-corrected chi connectivity index (χ0v) is 9.84. The van der Waals surface area contributed by atoms with Crippen molar-refractivity contribution in [2.75, 3.05) is 13.1 Å². The fraction of sp³-hybridized carbons (Fsp3) is 1.00. The van der Waals surface area contributed by atoms with Gasteiger partial charge in [0.15, 0.2) is 0 Å². The maximum absolute atomic E-state index is 5.94. The lowest BCUT2D eigenvalue weighted by atomic mass is 10.1. The van der Waals surface area contributed by atoms with E-state index in [1.807, 2.05) is 0 Å². The summed E-state index contributed by atoms with van der Waals surface area (Å²) < 4.78 is 0. The van der Waals surface area contributed by atoms with E-state index in [1.54, 1.807) is 0 Å². The topological polar surface area (TPSA) is 29.3 Å². The molecule has 0 spiro atoms. The van der Waals surface area contributed by atoms with Crippen molar-refractivity contribution < 1.29 is 0 Å². The second-order valence-electron chi connectivity index (χ2n) is 4.58. The van der Waals surface area contributed by atoms with Crippen LogP contribution in [0.5, 0.6) is 0 Å². The van der Waals surface area contributed by atoms with Crippen molar-refractivity contribution in [2.24, 2.45) is 5.73 Å². The van der Waals surface area contributed by atoms with Gasteiger partial charge in [0.2, 0.25) is 0 Å². The van der Waals surface area contributed by atoms with Gasteiger partial charge >= 0.3 is 0 Å². The van der Waals surface area contributed by atoms with Crippen LogP contribution in [0.1, 0.15) is 52.4 Å². The lowest BCUT2D eigenvalue weighted by molar-refractivity contribution is 0.248. The second-order valence-corrected chi connectivity index (χ2v) is 4.58. The molecule has 1 unspecified atom stereocenters. The van der Waals surface area contributed by atoms with Crippen LogP contribution in [0.25, 0.3) is 0 Å². The van der Waals surface area contributed by atoms with Gasteiger partial charge in [-0.05, 0) is 45.2 Å². The summed E-state index contributed by atoms with van der Waals surface area (Å²) in [6.45, 7) is 6.96. The summed E-state index contributed by atoms with van der Waals surface area (Å²) in [5.74, 6) is 0. The zero-order valence-electron chi connectivity index (χ0n) is 9.84. The first-order valence-corrected chi connectivity index (χ1v) is 6.27. The van der Waals surface area contributed by atoms with Gasteiger partial charge in [0.25, 0.3) is 0 Å². The number of rotatable bonds is 8. The Labute approximate surface area is 88.8 Å². The van der Waals surface area contributed by atoms with Crippen molar-refractivity contribution in [3.63, 3.8) is 0 Å². The van der Waals surface area contributed by atoms with Gasteiger partial charge in [-0.2, -0.15) is 0 Å². The Balaban J connectivity index is 2.14. The third kappa shape index (κ3) is 4.43. The van der Waals surface area contributed by atoms with Crippen molar-refractivity contribution >= 4 is 0 Å². The van der Waals surface area contributed by atoms with E-state index >= 15 is 0 Å². The minimum absolute atomic E-state index is 0.415. The zero-order chi connectivity index (χ0) is 10.4. The van der Waals surface area contributed by atoms with Gasteiger partial charge in [-0.3, -0.25) is 0 Å². The highest BCUT2D eigenvalue weighted by Gasteiger charge is 2.28. The predicted octanol–water partition coefficient (Wildman–Crippen LogP) is 2.38. The Bertz CT molecular complexity index is 143. The van der Waals surface area contributed by atoms with Crippen molar-refractivity contribution in [3.8, 4) is 0 Å². The van der Waals surface area contributed by atoms with Gasteiger partial charge in [0.05, 0.1) is 0 Å². The van der Waals surface area contributed by atoms with E-state index in [9.17, 15) is 0 Å². The first kappa shape index (κ1) is 12.0. The van der Waals surface area contributed by atoms with Gasteiger partial charge in [-0.25, -0.2) is 0 Å². The van der Waals surface area contributed by atoms with E-state index in [0.717, 1.165) is 12.5 Å². The molecule has 0 aromatic carbocycles. The van der Waals surface area contributed by atoms with E-state index in [1.165, 1.54) is 45.2 Å². The highest BCUT2D eigenvalue weighted by atomic mass is 15.2. The molecule has 0 amide bonds. The van der Waals surface area contributed by atoms with Crippen LogP contribution in [-0.4, -0.2) is 30.1 Å². The molecule has 0 heterocycles. The molecular formula is C12H26N2. The summed E-state index contributed by atoms with van der Waals surface area (Å²) >= 11 is 0. The minimum Gasteiger partial charge on any atom is -0.328 e. The first-order valence-electron chi connectivity index (χ1n) is 6.27. The van der Waals surface area contributed by atoms with Crippen molar-refractivity contribution in [2.45, 2.75) is 64.5 Å². The molecular weight excluding hydrogens is 172 g/mol. The highest BCUT2D eigenvalue weighted by molar-refractivity contribution is 4.84. The maximum atomic E-state index is 5.94. The quantitative estimate of drug-likeness (QED) is 0.649. The lowest BCUT2D eigenvalue weighted by Crippen LogP contribution is -2.32. The van der Waals surface area contributed by atoms with E-state index in [-0.39, 0.29) is 0 Å². The molecule has 2 N–H and O–H groups in total. The van der Waals surface area contributed by atoms with Gasteiger partial charge < -0.3 is 10.6 Å². The molecule has 0 aromatic heterocycles. The van der Waals surface area contributed by atoms with Crippen LogP contribution in [0.3, 0.4) is 0 Å². The lowest BCUT2D eigenvalue weighted by Gasteiger charge is -2.23. The Morgan fingerprint density at radius 1 is 1.29 bits per heavy atom. The van der Waals surface area contributed by atoms with E-state index in [0.29, 0.717) is 6.04 Å². The molecule has 0 radical (unpaired) electrons. The average Bonchev–Trinajstić information content (AvgIpc) is 3.01. The van der Waals surface area contributed by atoms with Gasteiger partial charge in [0.1, 0.15) is 0 Å². The second kappa shape index (κ2) is 6.41. The van der Waals surface area contributed by atoms with Crippen LogP contribution in [-0.2, 0) is 0 Å². The van der Waals surface area contributed by atoms with E-state index in [4.69, 9.17) is 5.73 Å². The third-order valence-electron chi connectivity index (χ3n) is 3.17. The fourth-order valence-electron chi connectivity index (χ4n) is 1.81. The first-order chi connectivity index (χ1) is 6.77. The molecule has 2 heteroatoms. The molecule has 1 atom stereocenters. The van der Waals surface area contributed by atoms with Gasteiger partial charge in [-0.15, -0.1) is 0 Å². The van der Waals surface area contributed by atoms with Crippen molar-refractivity contribution in [3.05, 3.63) is 0 Å². The van der Waals surface area contributed by atoms with Gasteiger partial charge in [-0.1, -0.05) is 20.3 Å². The summed E-state index contributed by atoms with van der Waals surface area (Å²) in [6, 6.07) is 1.32. The summed E-state index contributed by atoms with van der Waals surface area (Å²) in [7, 11) is 0. The standard InChI is InChI=1S/C12H26N2/c1-3-5-9-14(12-6-7-12)10-8-11(13)4-2/h11-12H,3-10,13H2,1-2H3. The van der Waals surface area contributed by atoms with Gasteiger partial charge in [0, 0.05) is 12.1 Å². The largest absolute Gasteiger partial charge is 0.328 e. The summed E-state index contributed by atoms with van der Waals surface area (Å²) in [6.07, 6.45) is 7.79. The van der Waals surface area contributed by atoms with E-state index < -0.39 is 0 Å². The Kier molecular flexibility index (Phi) is 5.49. The number of unbranched alkanes of at least 4 members (excludes halogenated alkanes) is 1. The normalized spacial score (nSPS) is 18.9. The molecule has 1 rings (SSSR count). The van der Waals surface area contributed by atoms with Crippen molar-refractivity contribution in [1.82, 2.24) is 4.90 Å². The van der Waals surface area contributed by atoms with Crippen LogP contribution in [0.15, 0.2) is 0 Å². The molecule has 0 bridgehead atoms. The summed E-state index contributed by atoms with van der Waals surface area (Å²) in [5.41, 5.74) is 5.94. The number of hydrogen-bond donors (Lipinski definition) is 1. The predicted molar refractivity (Wildman–Crippen MR) is 62.4 cm³/mol. The molecule has 0 aliphatic heterocycles. The maximum Gasteiger partial charge on any atom is 0.00964 e. The van der Waals surface area contributed by atoms with Crippen LogP contribution in [0.4, 0.5) is 0 Å². The minimum atomic E-state index is 0.415. The molecule has 1 aliphatic rings. The Morgan fingerprint density at radius 2 is 2.00 bits per heavy atom. The molecule has 14 heavy (non-hydrogen) atoms. The molecule has 2 nitrogen and oxygen atoms in total. The highest BCUT2D eigenvalue weighted by Crippen LogP contribution is 2.27.